The average molecular weight is 475 g/mol. The molecule has 0 saturated heterocycles. The Kier molecular flexibility index (Phi) is 7.10. The quantitative estimate of drug-likeness (QED) is 0.476. The average Bonchev–Trinajstić information content (AvgIpc) is 2.74. The molecule has 7 nitrogen and oxygen atoms in total. The van der Waals surface area contributed by atoms with Crippen LogP contribution in [0.5, 0.6) is 5.75 Å². The van der Waals surface area contributed by atoms with E-state index in [0.29, 0.717) is 17.4 Å². The van der Waals surface area contributed by atoms with Gasteiger partial charge in [0.05, 0.1) is 16.9 Å². The number of anilines is 2. The summed E-state index contributed by atoms with van der Waals surface area (Å²) in [7, 11) is -6.09. The molecule has 0 amide bonds. The fourth-order valence-electron chi connectivity index (χ4n) is 3.07. The van der Waals surface area contributed by atoms with Gasteiger partial charge in [0.25, 0.3) is 20.0 Å². The Hall–Kier alpha value is -3.04. The van der Waals surface area contributed by atoms with Crippen LogP contribution in [0.3, 0.4) is 0 Å². The summed E-state index contributed by atoms with van der Waals surface area (Å²) in [4.78, 5) is 0.150. The molecule has 170 valence electrons. The summed E-state index contributed by atoms with van der Waals surface area (Å²) in [6, 6.07) is 18.7. The zero-order chi connectivity index (χ0) is 23.4. The second-order valence-corrected chi connectivity index (χ2v) is 11.1. The molecular formula is C23H26N2O5S2. The van der Waals surface area contributed by atoms with Crippen LogP contribution < -0.4 is 14.2 Å². The molecule has 0 aliphatic rings. The van der Waals surface area contributed by atoms with Crippen LogP contribution in [0.25, 0.3) is 0 Å². The Balaban J connectivity index is 1.71. The number of sulfonamides is 2. The molecule has 0 bridgehead atoms. The number of rotatable bonds is 9. The van der Waals surface area contributed by atoms with Crippen molar-refractivity contribution < 1.29 is 21.6 Å². The Morgan fingerprint density at radius 1 is 0.688 bits per heavy atom. The lowest BCUT2D eigenvalue weighted by molar-refractivity contribution is 0.415. The van der Waals surface area contributed by atoms with E-state index in [4.69, 9.17) is 4.74 Å². The summed E-state index contributed by atoms with van der Waals surface area (Å²) in [6.07, 6.45) is 0.869. The van der Waals surface area contributed by atoms with Gasteiger partial charge in [-0.25, -0.2) is 16.8 Å². The molecule has 2 N–H and O–H groups in total. The highest BCUT2D eigenvalue weighted by molar-refractivity contribution is 7.93. The molecule has 0 aromatic heterocycles. The minimum Gasteiger partial charge on any atom is -0.497 e. The molecule has 3 rings (SSSR count). The number of benzene rings is 3. The van der Waals surface area contributed by atoms with Gasteiger partial charge in [-0.2, -0.15) is 0 Å². The summed E-state index contributed by atoms with van der Waals surface area (Å²) in [6.45, 7) is 4.20. The molecule has 0 unspecified atom stereocenters. The summed E-state index contributed by atoms with van der Waals surface area (Å²) < 4.78 is 60.5. The first-order valence-electron chi connectivity index (χ1n) is 9.98. The van der Waals surface area contributed by atoms with E-state index in [0.717, 1.165) is 12.0 Å². The standard InChI is InChI=1S/C23H26N2O5S2/c1-17(2)16-18-4-12-22(13-5-18)31(26,27)25-20-8-14-23(15-9-20)32(28,29)24-19-6-10-21(30-3)11-7-19/h4-15,17,24-25H,16H2,1-3H3. The van der Waals surface area contributed by atoms with E-state index in [1.54, 1.807) is 48.5 Å². The SMILES string of the molecule is COc1ccc(NS(=O)(=O)c2ccc(NS(=O)(=O)c3ccc(CC(C)C)cc3)cc2)cc1. The minimum absolute atomic E-state index is 0.00862. The van der Waals surface area contributed by atoms with E-state index in [9.17, 15) is 16.8 Å². The van der Waals surface area contributed by atoms with Crippen molar-refractivity contribution in [2.75, 3.05) is 16.6 Å². The third kappa shape index (κ3) is 6.02. The van der Waals surface area contributed by atoms with Crippen LogP contribution in [-0.4, -0.2) is 23.9 Å². The minimum atomic E-state index is -3.83. The van der Waals surface area contributed by atoms with E-state index in [1.165, 1.54) is 31.4 Å². The summed E-state index contributed by atoms with van der Waals surface area (Å²) in [5, 5.41) is 0. The third-order valence-electron chi connectivity index (χ3n) is 4.64. The molecule has 0 aliphatic heterocycles. The molecule has 0 saturated carbocycles. The fourth-order valence-corrected chi connectivity index (χ4v) is 5.18. The molecule has 32 heavy (non-hydrogen) atoms. The van der Waals surface area contributed by atoms with Crippen molar-refractivity contribution in [3.05, 3.63) is 78.4 Å². The maximum atomic E-state index is 12.7. The highest BCUT2D eigenvalue weighted by Gasteiger charge is 2.17. The summed E-state index contributed by atoms with van der Waals surface area (Å²) >= 11 is 0. The molecule has 0 fully saturated rings. The van der Waals surface area contributed by atoms with Gasteiger partial charge < -0.3 is 4.74 Å². The van der Waals surface area contributed by atoms with Crippen LogP contribution >= 0.6 is 0 Å². The van der Waals surface area contributed by atoms with Gasteiger partial charge in [-0.3, -0.25) is 9.44 Å². The zero-order valence-electron chi connectivity index (χ0n) is 18.1. The molecule has 0 heterocycles. The van der Waals surface area contributed by atoms with Gasteiger partial charge >= 0.3 is 0 Å². The van der Waals surface area contributed by atoms with Gasteiger partial charge in [-0.05, 0) is 78.6 Å². The van der Waals surface area contributed by atoms with Gasteiger partial charge in [0.2, 0.25) is 0 Å². The molecular weight excluding hydrogens is 448 g/mol. The Labute approximate surface area is 189 Å². The van der Waals surface area contributed by atoms with Crippen LogP contribution in [-0.2, 0) is 26.5 Å². The van der Waals surface area contributed by atoms with Crippen molar-refractivity contribution in [2.24, 2.45) is 5.92 Å². The lowest BCUT2D eigenvalue weighted by Gasteiger charge is -2.11. The fraction of sp³-hybridized carbons (Fsp3) is 0.217. The highest BCUT2D eigenvalue weighted by atomic mass is 32.2. The first-order valence-corrected chi connectivity index (χ1v) is 12.9. The van der Waals surface area contributed by atoms with Crippen LogP contribution in [0.1, 0.15) is 19.4 Å². The topological polar surface area (TPSA) is 102 Å². The number of methoxy groups -OCH3 is 1. The maximum absolute atomic E-state index is 12.7. The van der Waals surface area contributed by atoms with Gasteiger partial charge in [0.15, 0.2) is 0 Å². The number of hydrogen-bond donors (Lipinski definition) is 2. The highest BCUT2D eigenvalue weighted by Crippen LogP contribution is 2.22. The normalized spacial score (nSPS) is 11.9. The second kappa shape index (κ2) is 9.62. The van der Waals surface area contributed by atoms with Crippen LogP contribution in [0, 0.1) is 5.92 Å². The molecule has 0 aliphatic carbocycles. The van der Waals surface area contributed by atoms with Crippen molar-refractivity contribution in [1.82, 2.24) is 0 Å². The molecule has 3 aromatic rings. The predicted octanol–water partition coefficient (Wildman–Crippen LogP) is 4.50. The van der Waals surface area contributed by atoms with E-state index >= 15 is 0 Å². The first kappa shape index (κ1) is 23.6. The Bertz CT molecular complexity index is 1250. The smallest absolute Gasteiger partial charge is 0.261 e. The lowest BCUT2D eigenvalue weighted by atomic mass is 10.0. The lowest BCUT2D eigenvalue weighted by Crippen LogP contribution is -2.14. The van der Waals surface area contributed by atoms with Gasteiger partial charge in [-0.15, -0.1) is 0 Å². The third-order valence-corrected chi connectivity index (χ3v) is 7.43. The molecule has 0 spiro atoms. The van der Waals surface area contributed by atoms with Gasteiger partial charge in [0, 0.05) is 11.4 Å². The van der Waals surface area contributed by atoms with Crippen LogP contribution in [0.2, 0.25) is 0 Å². The van der Waals surface area contributed by atoms with Crippen molar-refractivity contribution in [3.8, 4) is 5.75 Å². The number of hydrogen-bond acceptors (Lipinski definition) is 5. The van der Waals surface area contributed by atoms with Crippen molar-refractivity contribution in [2.45, 2.75) is 30.1 Å². The van der Waals surface area contributed by atoms with E-state index in [2.05, 4.69) is 23.3 Å². The van der Waals surface area contributed by atoms with Crippen LogP contribution in [0.4, 0.5) is 11.4 Å². The van der Waals surface area contributed by atoms with Gasteiger partial charge in [-0.1, -0.05) is 26.0 Å². The Morgan fingerprint density at radius 3 is 1.50 bits per heavy atom. The number of nitrogens with one attached hydrogen (secondary N) is 2. The van der Waals surface area contributed by atoms with E-state index < -0.39 is 20.0 Å². The van der Waals surface area contributed by atoms with E-state index in [1.807, 2.05) is 0 Å². The monoisotopic (exact) mass is 474 g/mol. The van der Waals surface area contributed by atoms with Crippen molar-refractivity contribution in [3.63, 3.8) is 0 Å². The van der Waals surface area contributed by atoms with Crippen LogP contribution in [0.15, 0.2) is 82.6 Å². The molecule has 0 atom stereocenters. The van der Waals surface area contributed by atoms with Gasteiger partial charge in [0.1, 0.15) is 5.75 Å². The summed E-state index contributed by atoms with van der Waals surface area (Å²) in [5.41, 5.74) is 1.72. The first-order chi connectivity index (χ1) is 15.1. The second-order valence-electron chi connectivity index (χ2n) is 7.71. The van der Waals surface area contributed by atoms with Crippen molar-refractivity contribution in [1.29, 1.82) is 0 Å². The maximum Gasteiger partial charge on any atom is 0.261 e. The zero-order valence-corrected chi connectivity index (χ0v) is 19.7. The molecule has 3 aromatic carbocycles. The van der Waals surface area contributed by atoms with Crippen molar-refractivity contribution >= 4 is 31.4 Å². The molecule has 0 radical (unpaired) electrons. The van der Waals surface area contributed by atoms with E-state index in [-0.39, 0.29) is 15.5 Å². The Morgan fingerprint density at radius 2 is 1.09 bits per heavy atom. The predicted molar refractivity (Wildman–Crippen MR) is 126 cm³/mol. The summed E-state index contributed by atoms with van der Waals surface area (Å²) in [5.74, 6) is 1.09. The molecule has 9 heteroatoms. The largest absolute Gasteiger partial charge is 0.497 e. The number of ether oxygens (including phenoxy) is 1.